The van der Waals surface area contributed by atoms with E-state index in [0.29, 0.717) is 32.0 Å². The normalized spacial score (nSPS) is 16.4. The third-order valence-corrected chi connectivity index (χ3v) is 3.00. The van der Waals surface area contributed by atoms with Crippen molar-refractivity contribution in [2.45, 2.75) is 13.0 Å². The molecular weight excluding hydrogens is 251 g/mol. The Labute approximate surface area is 111 Å². The zero-order valence-electron chi connectivity index (χ0n) is 10.7. The first-order valence-electron chi connectivity index (χ1n) is 6.21. The van der Waals surface area contributed by atoms with Crippen molar-refractivity contribution in [1.29, 1.82) is 0 Å². The fourth-order valence-electron chi connectivity index (χ4n) is 1.93. The Hall–Kier alpha value is -1.82. The summed E-state index contributed by atoms with van der Waals surface area (Å²) in [6.07, 6.45) is -0.845. The molecule has 1 saturated heterocycles. The van der Waals surface area contributed by atoms with E-state index in [-0.39, 0.29) is 11.6 Å². The smallest absolute Gasteiger partial charge is 0.317 e. The lowest BCUT2D eigenvalue weighted by Gasteiger charge is -2.15. The highest BCUT2D eigenvalue weighted by Gasteiger charge is 2.18. The number of benzene rings is 1. The van der Waals surface area contributed by atoms with Gasteiger partial charge in [-0.05, 0) is 19.1 Å². The van der Waals surface area contributed by atoms with Crippen molar-refractivity contribution in [1.82, 2.24) is 10.2 Å². The van der Waals surface area contributed by atoms with Gasteiger partial charge in [0.2, 0.25) is 0 Å². The minimum absolute atomic E-state index is 0.0979. The molecule has 0 aliphatic carbocycles. The molecule has 1 aliphatic heterocycles. The number of aliphatic hydroxyl groups is 1. The van der Waals surface area contributed by atoms with Gasteiger partial charge in [-0.3, -0.25) is 0 Å². The maximum absolute atomic E-state index is 13.6. The molecule has 19 heavy (non-hydrogen) atoms. The minimum Gasteiger partial charge on any atom is -0.492 e. The van der Waals surface area contributed by atoms with Crippen LogP contribution in [0.5, 0.6) is 5.75 Å². The second-order valence-corrected chi connectivity index (χ2v) is 4.43. The lowest BCUT2D eigenvalue weighted by atomic mass is 10.1. The first-order chi connectivity index (χ1) is 9.08. The second-order valence-electron chi connectivity index (χ2n) is 4.43. The number of nitrogens with zero attached hydrogens (tertiary/aromatic N) is 1. The zero-order valence-corrected chi connectivity index (χ0v) is 10.7. The molecule has 1 aliphatic rings. The summed E-state index contributed by atoms with van der Waals surface area (Å²) < 4.78 is 19.0. The van der Waals surface area contributed by atoms with Crippen LogP contribution in [-0.2, 0) is 0 Å². The largest absolute Gasteiger partial charge is 0.492 e. The van der Waals surface area contributed by atoms with Gasteiger partial charge in [-0.1, -0.05) is 0 Å². The molecule has 1 atom stereocenters. The zero-order chi connectivity index (χ0) is 13.8. The summed E-state index contributed by atoms with van der Waals surface area (Å²) in [4.78, 5) is 12.9. The topological polar surface area (TPSA) is 61.8 Å². The van der Waals surface area contributed by atoms with Crippen LogP contribution in [0.25, 0.3) is 0 Å². The van der Waals surface area contributed by atoms with E-state index in [0.717, 1.165) is 0 Å². The third kappa shape index (κ3) is 3.35. The van der Waals surface area contributed by atoms with E-state index in [9.17, 15) is 14.3 Å². The summed E-state index contributed by atoms with van der Waals surface area (Å²) in [6, 6.07) is 4.25. The molecule has 0 unspecified atom stereocenters. The van der Waals surface area contributed by atoms with E-state index in [2.05, 4.69) is 5.32 Å². The maximum Gasteiger partial charge on any atom is 0.317 e. The molecule has 5 nitrogen and oxygen atoms in total. The van der Waals surface area contributed by atoms with E-state index in [1.54, 1.807) is 11.0 Å². The Morgan fingerprint density at radius 3 is 2.95 bits per heavy atom. The maximum atomic E-state index is 13.6. The van der Waals surface area contributed by atoms with Crippen LogP contribution in [0.1, 0.15) is 18.6 Å². The number of hydrogen-bond acceptors (Lipinski definition) is 3. The second kappa shape index (κ2) is 5.88. The molecule has 0 radical (unpaired) electrons. The molecule has 2 rings (SSSR count). The van der Waals surface area contributed by atoms with E-state index in [1.807, 2.05) is 0 Å². The van der Waals surface area contributed by atoms with Crippen molar-refractivity contribution in [2.75, 3.05) is 26.2 Å². The number of amides is 2. The Balaban J connectivity index is 1.86. The van der Waals surface area contributed by atoms with Crippen molar-refractivity contribution in [3.63, 3.8) is 0 Å². The van der Waals surface area contributed by atoms with Crippen LogP contribution < -0.4 is 10.1 Å². The number of halogens is 1. The van der Waals surface area contributed by atoms with Gasteiger partial charge in [0, 0.05) is 24.7 Å². The van der Waals surface area contributed by atoms with Gasteiger partial charge in [-0.15, -0.1) is 0 Å². The number of hydrogen-bond donors (Lipinski definition) is 2. The van der Waals surface area contributed by atoms with E-state index in [1.165, 1.54) is 19.1 Å². The van der Waals surface area contributed by atoms with Gasteiger partial charge in [0.15, 0.2) is 0 Å². The minimum atomic E-state index is -0.845. The van der Waals surface area contributed by atoms with Crippen molar-refractivity contribution < 1.29 is 19.0 Å². The van der Waals surface area contributed by atoms with Gasteiger partial charge in [-0.25, -0.2) is 9.18 Å². The number of nitrogens with one attached hydrogen (secondary N) is 1. The van der Waals surface area contributed by atoms with Gasteiger partial charge in [-0.2, -0.15) is 0 Å². The molecule has 2 N–H and O–H groups in total. The number of aliphatic hydroxyl groups excluding tert-OH is 1. The van der Waals surface area contributed by atoms with Gasteiger partial charge in [0.1, 0.15) is 18.2 Å². The molecule has 104 valence electrons. The van der Waals surface area contributed by atoms with Crippen LogP contribution in [0.4, 0.5) is 9.18 Å². The van der Waals surface area contributed by atoms with Crippen molar-refractivity contribution >= 4 is 6.03 Å². The summed E-state index contributed by atoms with van der Waals surface area (Å²) in [6.45, 7) is 3.59. The van der Waals surface area contributed by atoms with Crippen LogP contribution in [-0.4, -0.2) is 42.3 Å². The first-order valence-corrected chi connectivity index (χ1v) is 6.21. The lowest BCUT2D eigenvalue weighted by Crippen LogP contribution is -2.31. The van der Waals surface area contributed by atoms with Crippen molar-refractivity contribution in [3.05, 3.63) is 29.6 Å². The van der Waals surface area contributed by atoms with E-state index >= 15 is 0 Å². The summed E-state index contributed by atoms with van der Waals surface area (Å²) in [5.41, 5.74) is 0.242. The van der Waals surface area contributed by atoms with E-state index < -0.39 is 11.9 Å². The molecule has 2 amide bonds. The number of ether oxygens (including phenoxy) is 1. The summed E-state index contributed by atoms with van der Waals surface area (Å²) in [7, 11) is 0. The number of carbonyl (C=O) groups excluding carboxylic acids is 1. The molecule has 6 heteroatoms. The van der Waals surface area contributed by atoms with Crippen molar-refractivity contribution in [2.24, 2.45) is 0 Å². The predicted octanol–water partition coefficient (Wildman–Crippen LogP) is 1.28. The quantitative estimate of drug-likeness (QED) is 0.845. The van der Waals surface area contributed by atoms with Crippen LogP contribution in [0.3, 0.4) is 0 Å². The number of carbonyl (C=O) groups is 1. The molecule has 0 bridgehead atoms. The van der Waals surface area contributed by atoms with Crippen LogP contribution >= 0.6 is 0 Å². The van der Waals surface area contributed by atoms with Gasteiger partial charge in [0.25, 0.3) is 0 Å². The van der Waals surface area contributed by atoms with Crippen molar-refractivity contribution in [3.8, 4) is 5.75 Å². The van der Waals surface area contributed by atoms with Crippen LogP contribution in [0.2, 0.25) is 0 Å². The average Bonchev–Trinajstić information content (AvgIpc) is 2.75. The Morgan fingerprint density at radius 2 is 2.37 bits per heavy atom. The highest BCUT2D eigenvalue weighted by atomic mass is 19.1. The lowest BCUT2D eigenvalue weighted by molar-refractivity contribution is 0.193. The molecule has 0 saturated carbocycles. The molecule has 0 aromatic heterocycles. The molecule has 1 heterocycles. The Bertz CT molecular complexity index is 465. The highest BCUT2D eigenvalue weighted by Crippen LogP contribution is 2.21. The molecule has 1 fully saturated rings. The standard InChI is InChI=1S/C13H17FN2O3/c1-9(17)11-3-2-10(8-12(11)14)19-7-6-16-5-4-15-13(16)18/h2-3,8-9,17H,4-7H2,1H3,(H,15,18)/t9-/m0/s1. The van der Waals surface area contributed by atoms with E-state index in [4.69, 9.17) is 4.74 Å². The first kappa shape index (κ1) is 13.6. The Kier molecular flexibility index (Phi) is 4.21. The summed E-state index contributed by atoms with van der Waals surface area (Å²) in [5, 5.41) is 12.0. The van der Waals surface area contributed by atoms with Crippen LogP contribution in [0.15, 0.2) is 18.2 Å². The number of urea groups is 1. The monoisotopic (exact) mass is 268 g/mol. The predicted molar refractivity (Wildman–Crippen MR) is 67.5 cm³/mol. The molecule has 1 aromatic rings. The Morgan fingerprint density at radius 1 is 1.58 bits per heavy atom. The third-order valence-electron chi connectivity index (χ3n) is 3.00. The fraction of sp³-hybridized carbons (Fsp3) is 0.462. The van der Waals surface area contributed by atoms with Gasteiger partial charge < -0.3 is 20.1 Å². The summed E-state index contributed by atoms with van der Waals surface area (Å²) >= 11 is 0. The van der Waals surface area contributed by atoms with Gasteiger partial charge in [0.05, 0.1) is 12.6 Å². The van der Waals surface area contributed by atoms with Gasteiger partial charge >= 0.3 is 6.03 Å². The SMILES string of the molecule is C[C@H](O)c1ccc(OCCN2CCNC2=O)cc1F. The fourth-order valence-corrected chi connectivity index (χ4v) is 1.93. The molecule has 1 aromatic carbocycles. The number of rotatable bonds is 5. The van der Waals surface area contributed by atoms with Crippen LogP contribution in [0, 0.1) is 5.82 Å². The molecule has 0 spiro atoms. The summed E-state index contributed by atoms with van der Waals surface area (Å²) in [5.74, 6) is -0.104. The molecular formula is C13H17FN2O3. The highest BCUT2D eigenvalue weighted by molar-refractivity contribution is 5.76. The average molecular weight is 268 g/mol.